The molecule has 0 atom stereocenters. The summed E-state index contributed by atoms with van der Waals surface area (Å²) in [5, 5.41) is 3.01. The van der Waals surface area contributed by atoms with Crippen LogP contribution in [0.25, 0.3) is 11.0 Å². The zero-order valence-electron chi connectivity index (χ0n) is 10.6. The molecule has 7 heteroatoms. The summed E-state index contributed by atoms with van der Waals surface area (Å²) in [6.45, 7) is 0.490. The average molecular weight is 280 g/mol. The Morgan fingerprint density at radius 3 is 2.47 bits per heavy atom. The number of benzene rings is 1. The number of hydrogen-bond acceptors (Lipinski definition) is 6. The average Bonchev–Trinajstić information content (AvgIpc) is 2.33. The molecule has 0 aliphatic heterocycles. The highest BCUT2D eigenvalue weighted by Crippen LogP contribution is 2.18. The maximum Gasteiger partial charge on any atom is 0.169 e. The number of nitrogens with two attached hydrogens (primary N) is 1. The predicted octanol–water partition coefficient (Wildman–Crippen LogP) is 1.06. The number of nitrogen functional groups attached to an aromatic ring is 1. The highest BCUT2D eigenvalue weighted by Gasteiger charge is 2.06. The molecular formula is C12H16N4O2S. The molecule has 1 heterocycles. The van der Waals surface area contributed by atoms with Crippen molar-refractivity contribution in [1.82, 2.24) is 9.97 Å². The molecule has 0 amide bonds. The number of aromatic nitrogens is 2. The summed E-state index contributed by atoms with van der Waals surface area (Å²) in [4.78, 5) is 8.60. The predicted molar refractivity (Wildman–Crippen MR) is 76.8 cm³/mol. The number of nitrogens with one attached hydrogen (secondary N) is 1. The largest absolute Gasteiger partial charge is 0.381 e. The maximum atomic E-state index is 11.0. The van der Waals surface area contributed by atoms with Crippen molar-refractivity contribution in [3.05, 3.63) is 24.3 Å². The van der Waals surface area contributed by atoms with Gasteiger partial charge in [-0.3, -0.25) is 0 Å². The number of para-hydroxylation sites is 2. The van der Waals surface area contributed by atoms with Crippen LogP contribution in [0.3, 0.4) is 0 Å². The van der Waals surface area contributed by atoms with E-state index < -0.39 is 9.84 Å². The van der Waals surface area contributed by atoms with E-state index in [9.17, 15) is 8.42 Å². The van der Waals surface area contributed by atoms with Crippen LogP contribution in [0.15, 0.2) is 24.3 Å². The molecule has 0 unspecified atom stereocenters. The number of anilines is 2. The van der Waals surface area contributed by atoms with Crippen molar-refractivity contribution in [2.75, 3.05) is 29.6 Å². The Labute approximate surface area is 112 Å². The fourth-order valence-electron chi connectivity index (χ4n) is 1.68. The van der Waals surface area contributed by atoms with Crippen LogP contribution in [-0.2, 0) is 9.84 Å². The van der Waals surface area contributed by atoms with Gasteiger partial charge >= 0.3 is 0 Å². The summed E-state index contributed by atoms with van der Waals surface area (Å²) in [7, 11) is -2.93. The van der Waals surface area contributed by atoms with Crippen molar-refractivity contribution in [2.24, 2.45) is 0 Å². The molecule has 2 aromatic rings. The fraction of sp³-hybridized carbons (Fsp3) is 0.333. The molecule has 0 saturated heterocycles. The van der Waals surface area contributed by atoms with E-state index in [1.807, 2.05) is 24.3 Å². The van der Waals surface area contributed by atoms with Crippen LogP contribution in [0, 0.1) is 0 Å². The van der Waals surface area contributed by atoms with Crippen LogP contribution < -0.4 is 11.1 Å². The third kappa shape index (κ3) is 3.78. The van der Waals surface area contributed by atoms with Crippen molar-refractivity contribution in [1.29, 1.82) is 0 Å². The Bertz CT molecular complexity index is 685. The molecule has 3 N–H and O–H groups in total. The van der Waals surface area contributed by atoms with Gasteiger partial charge in [-0.1, -0.05) is 12.1 Å². The number of nitrogens with zero attached hydrogens (tertiary/aromatic N) is 2. The lowest BCUT2D eigenvalue weighted by molar-refractivity contribution is 0.600. The SMILES string of the molecule is CS(=O)(=O)CCCNc1nc2ccccc2nc1N. The molecular weight excluding hydrogens is 264 g/mol. The van der Waals surface area contributed by atoms with Crippen LogP contribution in [0.5, 0.6) is 0 Å². The molecule has 0 spiro atoms. The number of sulfone groups is 1. The number of hydrogen-bond donors (Lipinski definition) is 2. The zero-order chi connectivity index (χ0) is 13.9. The van der Waals surface area contributed by atoms with Gasteiger partial charge < -0.3 is 11.1 Å². The van der Waals surface area contributed by atoms with Gasteiger partial charge in [-0.2, -0.15) is 0 Å². The summed E-state index contributed by atoms with van der Waals surface area (Å²) < 4.78 is 22.0. The van der Waals surface area contributed by atoms with Crippen molar-refractivity contribution in [2.45, 2.75) is 6.42 Å². The van der Waals surface area contributed by atoms with Crippen molar-refractivity contribution < 1.29 is 8.42 Å². The monoisotopic (exact) mass is 280 g/mol. The van der Waals surface area contributed by atoms with Gasteiger partial charge in [0.25, 0.3) is 0 Å². The summed E-state index contributed by atoms with van der Waals surface area (Å²) in [5.74, 6) is 0.950. The molecule has 1 aromatic carbocycles. The molecule has 6 nitrogen and oxygen atoms in total. The second kappa shape index (κ2) is 5.40. The van der Waals surface area contributed by atoms with Gasteiger partial charge in [0.1, 0.15) is 9.84 Å². The van der Waals surface area contributed by atoms with Crippen LogP contribution in [0.1, 0.15) is 6.42 Å². The van der Waals surface area contributed by atoms with Gasteiger partial charge in [-0.15, -0.1) is 0 Å². The molecule has 0 saturated carbocycles. The fourth-order valence-corrected chi connectivity index (χ4v) is 2.35. The second-order valence-corrected chi connectivity index (χ2v) is 6.62. The van der Waals surface area contributed by atoms with E-state index in [0.29, 0.717) is 24.6 Å². The lowest BCUT2D eigenvalue weighted by Crippen LogP contribution is -2.12. The third-order valence-electron chi connectivity index (χ3n) is 2.58. The van der Waals surface area contributed by atoms with E-state index in [-0.39, 0.29) is 5.75 Å². The molecule has 0 bridgehead atoms. The lowest BCUT2D eigenvalue weighted by Gasteiger charge is -2.08. The summed E-state index contributed by atoms with van der Waals surface area (Å²) in [5.41, 5.74) is 7.29. The van der Waals surface area contributed by atoms with Crippen LogP contribution in [-0.4, -0.2) is 36.9 Å². The molecule has 0 fully saturated rings. The van der Waals surface area contributed by atoms with Crippen molar-refractivity contribution in [3.63, 3.8) is 0 Å². The number of fused-ring (bicyclic) bond motifs is 1. The van der Waals surface area contributed by atoms with Gasteiger partial charge in [0.15, 0.2) is 11.6 Å². The first kappa shape index (κ1) is 13.5. The Kier molecular flexibility index (Phi) is 3.84. The van der Waals surface area contributed by atoms with E-state index in [1.54, 1.807) is 0 Å². The summed E-state index contributed by atoms with van der Waals surface area (Å²) >= 11 is 0. The minimum Gasteiger partial charge on any atom is -0.381 e. The van der Waals surface area contributed by atoms with Crippen LogP contribution in [0.2, 0.25) is 0 Å². The highest BCUT2D eigenvalue weighted by atomic mass is 32.2. The van der Waals surface area contributed by atoms with Crippen molar-refractivity contribution >= 4 is 32.5 Å². The van der Waals surface area contributed by atoms with Gasteiger partial charge in [0.2, 0.25) is 0 Å². The van der Waals surface area contributed by atoms with Crippen LogP contribution >= 0.6 is 0 Å². The third-order valence-corrected chi connectivity index (χ3v) is 3.61. The topological polar surface area (TPSA) is 98.0 Å². The molecule has 19 heavy (non-hydrogen) atoms. The molecule has 0 aliphatic rings. The molecule has 0 radical (unpaired) electrons. The molecule has 102 valence electrons. The quantitative estimate of drug-likeness (QED) is 0.795. The normalized spacial score (nSPS) is 11.6. The molecule has 2 rings (SSSR count). The minimum absolute atomic E-state index is 0.140. The highest BCUT2D eigenvalue weighted by molar-refractivity contribution is 7.90. The second-order valence-electron chi connectivity index (χ2n) is 4.36. The van der Waals surface area contributed by atoms with Gasteiger partial charge in [0.05, 0.1) is 16.8 Å². The first-order valence-corrected chi connectivity index (χ1v) is 7.95. The first-order valence-electron chi connectivity index (χ1n) is 5.89. The minimum atomic E-state index is -2.93. The van der Waals surface area contributed by atoms with Crippen LogP contribution in [0.4, 0.5) is 11.6 Å². The van der Waals surface area contributed by atoms with Crippen molar-refractivity contribution in [3.8, 4) is 0 Å². The maximum absolute atomic E-state index is 11.0. The van der Waals surface area contributed by atoms with E-state index in [4.69, 9.17) is 5.73 Å². The smallest absolute Gasteiger partial charge is 0.169 e. The van der Waals surface area contributed by atoms with Gasteiger partial charge in [-0.25, -0.2) is 18.4 Å². The summed E-state index contributed by atoms with van der Waals surface area (Å²) in [6.07, 6.45) is 1.73. The van der Waals surface area contributed by atoms with E-state index in [1.165, 1.54) is 6.26 Å². The Balaban J connectivity index is 2.06. The Morgan fingerprint density at radius 2 is 1.84 bits per heavy atom. The first-order chi connectivity index (χ1) is 8.96. The Morgan fingerprint density at radius 1 is 1.21 bits per heavy atom. The number of rotatable bonds is 5. The zero-order valence-corrected chi connectivity index (χ0v) is 11.4. The van der Waals surface area contributed by atoms with E-state index >= 15 is 0 Å². The van der Waals surface area contributed by atoms with Gasteiger partial charge in [-0.05, 0) is 18.6 Å². The Hall–Kier alpha value is -1.89. The van der Waals surface area contributed by atoms with E-state index in [0.717, 1.165) is 11.0 Å². The lowest BCUT2D eigenvalue weighted by atomic mass is 10.3. The summed E-state index contributed by atoms with van der Waals surface area (Å²) in [6, 6.07) is 7.44. The molecule has 0 aliphatic carbocycles. The van der Waals surface area contributed by atoms with E-state index in [2.05, 4.69) is 15.3 Å². The standard InChI is InChI=1S/C12H16N4O2S/c1-19(17,18)8-4-7-14-12-11(13)15-9-5-2-3-6-10(9)16-12/h2-3,5-6H,4,7-8H2,1H3,(H2,13,15)(H,14,16). The molecule has 1 aromatic heterocycles. The van der Waals surface area contributed by atoms with Gasteiger partial charge in [0, 0.05) is 12.8 Å².